The third kappa shape index (κ3) is 3.39. The van der Waals surface area contributed by atoms with Crippen LogP contribution in [-0.2, 0) is 6.54 Å². The monoisotopic (exact) mass is 271 g/mol. The van der Waals surface area contributed by atoms with E-state index in [4.69, 9.17) is 0 Å². The average molecular weight is 271 g/mol. The Morgan fingerprint density at radius 3 is 2.65 bits per heavy atom. The topological polar surface area (TPSA) is 68.1 Å². The molecule has 104 valence electrons. The van der Waals surface area contributed by atoms with Gasteiger partial charge in [0.25, 0.3) is 5.69 Å². The minimum atomic E-state index is -0.342. The summed E-state index contributed by atoms with van der Waals surface area (Å²) in [6.07, 6.45) is 3.51. The van der Waals surface area contributed by atoms with Crippen molar-refractivity contribution in [1.82, 2.24) is 10.3 Å². The van der Waals surface area contributed by atoms with Gasteiger partial charge in [0.05, 0.1) is 4.92 Å². The molecule has 1 heterocycles. The fourth-order valence-corrected chi connectivity index (χ4v) is 2.00. The molecule has 1 N–H and O–H groups in total. The van der Waals surface area contributed by atoms with Gasteiger partial charge in [0.15, 0.2) is 0 Å². The minimum absolute atomic E-state index is 0.165. The van der Waals surface area contributed by atoms with Crippen LogP contribution in [0.4, 0.5) is 5.69 Å². The van der Waals surface area contributed by atoms with Gasteiger partial charge in [-0.25, -0.2) is 0 Å². The number of hydrogen-bond donors (Lipinski definition) is 1. The molecule has 5 nitrogen and oxygen atoms in total. The predicted molar refractivity (Wildman–Crippen MR) is 77.3 cm³/mol. The normalized spacial score (nSPS) is 12.1. The summed E-state index contributed by atoms with van der Waals surface area (Å²) in [4.78, 5) is 14.6. The summed E-state index contributed by atoms with van der Waals surface area (Å²) in [7, 11) is 0. The maximum absolute atomic E-state index is 10.9. The Morgan fingerprint density at radius 2 is 2.00 bits per heavy atom. The first-order valence-corrected chi connectivity index (χ1v) is 6.45. The molecule has 1 aromatic carbocycles. The van der Waals surface area contributed by atoms with Gasteiger partial charge in [-0.05, 0) is 37.1 Å². The third-order valence-electron chi connectivity index (χ3n) is 3.29. The van der Waals surface area contributed by atoms with E-state index in [1.54, 1.807) is 31.5 Å². The molecule has 2 rings (SSSR count). The Hall–Kier alpha value is -2.27. The van der Waals surface area contributed by atoms with Crippen LogP contribution in [0.5, 0.6) is 0 Å². The molecule has 0 aliphatic heterocycles. The number of nitro benzene ring substituents is 1. The number of aromatic nitrogens is 1. The van der Waals surface area contributed by atoms with E-state index in [0.29, 0.717) is 12.1 Å². The van der Waals surface area contributed by atoms with Gasteiger partial charge in [-0.15, -0.1) is 0 Å². The summed E-state index contributed by atoms with van der Waals surface area (Å²) in [6, 6.07) is 9.39. The minimum Gasteiger partial charge on any atom is -0.306 e. The van der Waals surface area contributed by atoms with Gasteiger partial charge >= 0.3 is 0 Å². The summed E-state index contributed by atoms with van der Waals surface area (Å²) in [5, 5.41) is 14.3. The first-order valence-electron chi connectivity index (χ1n) is 6.45. The quantitative estimate of drug-likeness (QED) is 0.670. The van der Waals surface area contributed by atoms with Crippen LogP contribution in [0.1, 0.15) is 29.7 Å². The van der Waals surface area contributed by atoms with Crippen LogP contribution in [0.15, 0.2) is 42.7 Å². The molecule has 0 aliphatic carbocycles. The Kier molecular flexibility index (Phi) is 4.42. The Bertz CT molecular complexity index is 599. The standard InChI is InChI=1S/C15H17N3O2/c1-11-3-4-13(9-15(11)18(19)20)10-17-12(2)14-5-7-16-8-6-14/h3-9,12,17H,10H2,1-2H3. The molecule has 0 saturated carbocycles. The molecule has 1 atom stereocenters. The molecule has 0 saturated heterocycles. The van der Waals surface area contributed by atoms with E-state index >= 15 is 0 Å². The van der Waals surface area contributed by atoms with Crippen molar-refractivity contribution in [2.75, 3.05) is 0 Å². The van der Waals surface area contributed by atoms with Crippen LogP contribution in [0.25, 0.3) is 0 Å². The van der Waals surface area contributed by atoms with Crippen molar-refractivity contribution in [3.63, 3.8) is 0 Å². The number of aryl methyl sites for hydroxylation is 1. The number of rotatable bonds is 5. The second kappa shape index (κ2) is 6.25. The molecule has 0 spiro atoms. The van der Waals surface area contributed by atoms with Crippen molar-refractivity contribution < 1.29 is 4.92 Å². The second-order valence-electron chi connectivity index (χ2n) is 4.76. The Morgan fingerprint density at radius 1 is 1.30 bits per heavy atom. The summed E-state index contributed by atoms with van der Waals surface area (Å²) < 4.78 is 0. The SMILES string of the molecule is Cc1ccc(CNC(C)c2ccncc2)cc1[N+](=O)[O-]. The van der Waals surface area contributed by atoms with E-state index in [9.17, 15) is 10.1 Å². The number of benzene rings is 1. The molecule has 0 aliphatic rings. The van der Waals surface area contributed by atoms with Crippen LogP contribution in [-0.4, -0.2) is 9.91 Å². The van der Waals surface area contributed by atoms with E-state index in [0.717, 1.165) is 11.1 Å². The fraction of sp³-hybridized carbons (Fsp3) is 0.267. The molecule has 2 aromatic rings. The van der Waals surface area contributed by atoms with Gasteiger partial charge in [0.2, 0.25) is 0 Å². The van der Waals surface area contributed by atoms with Crippen LogP contribution >= 0.6 is 0 Å². The van der Waals surface area contributed by atoms with Crippen LogP contribution < -0.4 is 5.32 Å². The number of hydrogen-bond acceptors (Lipinski definition) is 4. The maximum Gasteiger partial charge on any atom is 0.272 e. The van der Waals surface area contributed by atoms with Crippen molar-refractivity contribution in [2.45, 2.75) is 26.4 Å². The lowest BCUT2D eigenvalue weighted by Crippen LogP contribution is -2.18. The molecule has 5 heteroatoms. The van der Waals surface area contributed by atoms with Gasteiger partial charge in [0.1, 0.15) is 0 Å². The molecule has 0 fully saturated rings. The highest BCUT2D eigenvalue weighted by Gasteiger charge is 2.11. The zero-order valence-electron chi connectivity index (χ0n) is 11.5. The Labute approximate surface area is 117 Å². The maximum atomic E-state index is 10.9. The molecule has 20 heavy (non-hydrogen) atoms. The van der Waals surface area contributed by atoms with Crippen molar-refractivity contribution >= 4 is 5.69 Å². The zero-order chi connectivity index (χ0) is 14.5. The highest BCUT2D eigenvalue weighted by Crippen LogP contribution is 2.20. The molecular weight excluding hydrogens is 254 g/mol. The predicted octanol–water partition coefficient (Wildman–Crippen LogP) is 3.15. The first kappa shape index (κ1) is 14.1. The summed E-state index contributed by atoms with van der Waals surface area (Å²) in [6.45, 7) is 4.39. The average Bonchev–Trinajstić information content (AvgIpc) is 2.46. The number of nitrogens with one attached hydrogen (secondary N) is 1. The van der Waals surface area contributed by atoms with Gasteiger partial charge in [-0.1, -0.05) is 12.1 Å². The molecule has 1 unspecified atom stereocenters. The highest BCUT2D eigenvalue weighted by molar-refractivity contribution is 5.42. The lowest BCUT2D eigenvalue weighted by Gasteiger charge is -2.14. The van der Waals surface area contributed by atoms with E-state index in [1.165, 1.54) is 0 Å². The van der Waals surface area contributed by atoms with Crippen molar-refractivity contribution in [3.8, 4) is 0 Å². The van der Waals surface area contributed by atoms with E-state index in [1.807, 2.05) is 18.2 Å². The molecule has 0 amide bonds. The van der Waals surface area contributed by atoms with Gasteiger partial charge in [-0.3, -0.25) is 15.1 Å². The summed E-state index contributed by atoms with van der Waals surface area (Å²) in [5.41, 5.74) is 2.90. The zero-order valence-corrected chi connectivity index (χ0v) is 11.5. The van der Waals surface area contributed by atoms with Gasteiger partial charge < -0.3 is 5.32 Å². The smallest absolute Gasteiger partial charge is 0.272 e. The van der Waals surface area contributed by atoms with E-state index in [-0.39, 0.29) is 16.7 Å². The van der Waals surface area contributed by atoms with Gasteiger partial charge in [0, 0.05) is 36.6 Å². The molecular formula is C15H17N3O2. The van der Waals surface area contributed by atoms with Crippen molar-refractivity contribution in [2.24, 2.45) is 0 Å². The van der Waals surface area contributed by atoms with Gasteiger partial charge in [-0.2, -0.15) is 0 Å². The van der Waals surface area contributed by atoms with Crippen LogP contribution in [0.2, 0.25) is 0 Å². The van der Waals surface area contributed by atoms with Crippen LogP contribution in [0, 0.1) is 17.0 Å². The Balaban J connectivity index is 2.04. The van der Waals surface area contributed by atoms with Crippen molar-refractivity contribution in [1.29, 1.82) is 0 Å². The highest BCUT2D eigenvalue weighted by atomic mass is 16.6. The number of pyridine rings is 1. The second-order valence-corrected chi connectivity index (χ2v) is 4.76. The van der Waals surface area contributed by atoms with E-state index < -0.39 is 0 Å². The third-order valence-corrected chi connectivity index (χ3v) is 3.29. The first-order chi connectivity index (χ1) is 9.58. The lowest BCUT2D eigenvalue weighted by molar-refractivity contribution is -0.385. The molecule has 0 bridgehead atoms. The summed E-state index contributed by atoms with van der Waals surface area (Å²) in [5.74, 6) is 0. The fourth-order valence-electron chi connectivity index (χ4n) is 2.00. The molecule has 0 radical (unpaired) electrons. The lowest BCUT2D eigenvalue weighted by atomic mass is 10.1. The number of nitrogens with zero attached hydrogens (tertiary/aromatic N) is 2. The van der Waals surface area contributed by atoms with Crippen molar-refractivity contribution in [3.05, 3.63) is 69.5 Å². The van der Waals surface area contributed by atoms with Crippen LogP contribution in [0.3, 0.4) is 0 Å². The number of nitro groups is 1. The summed E-state index contributed by atoms with van der Waals surface area (Å²) >= 11 is 0. The molecule has 1 aromatic heterocycles. The van der Waals surface area contributed by atoms with E-state index in [2.05, 4.69) is 17.2 Å². The largest absolute Gasteiger partial charge is 0.306 e.